The van der Waals surface area contributed by atoms with Crippen LogP contribution in [0.4, 0.5) is 0 Å². The maximum atomic E-state index is 5.91. The van der Waals surface area contributed by atoms with Crippen LogP contribution in [0.2, 0.25) is 18.6 Å². The summed E-state index contributed by atoms with van der Waals surface area (Å²) in [5.74, 6) is 0. The van der Waals surface area contributed by atoms with E-state index in [0.717, 1.165) is 10.5 Å². The third kappa shape index (κ3) is 4.46. The van der Waals surface area contributed by atoms with Gasteiger partial charge in [0.15, 0.2) is 9.04 Å². The average Bonchev–Trinajstić information content (AvgIpc) is 2.71. The van der Waals surface area contributed by atoms with Crippen molar-refractivity contribution in [2.24, 2.45) is 0 Å². The van der Waals surface area contributed by atoms with E-state index in [-0.39, 0.29) is 0 Å². The van der Waals surface area contributed by atoms with Crippen molar-refractivity contribution in [2.45, 2.75) is 39.4 Å². The molecule has 0 heterocycles. The van der Waals surface area contributed by atoms with Gasteiger partial charge in [0.1, 0.15) is 18.6 Å². The molecule has 0 N–H and O–H groups in total. The van der Waals surface area contributed by atoms with Crippen molar-refractivity contribution >= 4 is 43.2 Å². The minimum absolute atomic E-state index is 0.858. The molecule has 1 atom stereocenters. The van der Waals surface area contributed by atoms with Gasteiger partial charge in [0, 0.05) is 0 Å². The molecule has 0 saturated heterocycles. The highest BCUT2D eigenvalue weighted by molar-refractivity contribution is 7.11. The van der Waals surface area contributed by atoms with Crippen LogP contribution in [0, 0.1) is 20.8 Å². The van der Waals surface area contributed by atoms with Gasteiger partial charge in [0.25, 0.3) is 0 Å². The van der Waals surface area contributed by atoms with Crippen LogP contribution in [-0.2, 0) is 4.12 Å². The standard InChI is InChI=1S/C24H32OSi3/c1-19-5-11-22(12-6-19)28(18-17-27(4)25-26,23-13-7-20(2)8-14-23)24-15-9-21(3)10-16-24/h5-16,27H,17-18H2,1-4,26H3. The van der Waals surface area contributed by atoms with Gasteiger partial charge in [-0.3, -0.25) is 0 Å². The number of benzene rings is 3. The number of hydrogen-bond donors (Lipinski definition) is 0. The van der Waals surface area contributed by atoms with E-state index in [4.69, 9.17) is 4.12 Å². The molecule has 1 nitrogen and oxygen atoms in total. The Morgan fingerprint density at radius 3 is 1.29 bits per heavy atom. The first-order valence-electron chi connectivity index (χ1n) is 10.2. The Morgan fingerprint density at radius 2 is 1.00 bits per heavy atom. The predicted octanol–water partition coefficient (Wildman–Crippen LogP) is 2.73. The van der Waals surface area contributed by atoms with Crippen molar-refractivity contribution in [1.29, 1.82) is 0 Å². The fourth-order valence-corrected chi connectivity index (χ4v) is 12.4. The maximum Gasteiger partial charge on any atom is 0.159 e. The van der Waals surface area contributed by atoms with Crippen LogP contribution in [0.15, 0.2) is 72.8 Å². The number of rotatable bonds is 7. The molecule has 0 radical (unpaired) electrons. The highest BCUT2D eigenvalue weighted by Crippen LogP contribution is 2.18. The van der Waals surface area contributed by atoms with E-state index in [0.29, 0.717) is 0 Å². The number of hydrogen-bond acceptors (Lipinski definition) is 1. The lowest BCUT2D eigenvalue weighted by Gasteiger charge is -2.35. The minimum atomic E-state index is -2.10. The summed E-state index contributed by atoms with van der Waals surface area (Å²) in [6.07, 6.45) is 0. The lowest BCUT2D eigenvalue weighted by atomic mass is 10.2. The zero-order valence-corrected chi connectivity index (χ0v) is 22.0. The molecule has 3 rings (SSSR count). The molecular formula is C24H32OSi3. The predicted molar refractivity (Wildman–Crippen MR) is 132 cm³/mol. The summed E-state index contributed by atoms with van der Waals surface area (Å²) in [5, 5.41) is 4.54. The molecule has 3 aromatic rings. The molecular weight excluding hydrogens is 389 g/mol. The number of aryl methyl sites for hydroxylation is 3. The van der Waals surface area contributed by atoms with Gasteiger partial charge in [-0.05, 0) is 55.0 Å². The summed E-state index contributed by atoms with van der Waals surface area (Å²) in [5.41, 5.74) is 3.97. The van der Waals surface area contributed by atoms with Gasteiger partial charge < -0.3 is 4.12 Å². The molecule has 0 aliphatic carbocycles. The van der Waals surface area contributed by atoms with Crippen LogP contribution >= 0.6 is 0 Å². The normalized spacial score (nSPS) is 12.9. The van der Waals surface area contributed by atoms with Gasteiger partial charge in [-0.25, -0.2) is 0 Å². The monoisotopic (exact) mass is 420 g/mol. The van der Waals surface area contributed by atoms with E-state index >= 15 is 0 Å². The summed E-state index contributed by atoms with van der Waals surface area (Å²) in [4.78, 5) is 0. The Kier molecular flexibility index (Phi) is 6.88. The first-order chi connectivity index (χ1) is 13.5. The van der Waals surface area contributed by atoms with Crippen molar-refractivity contribution in [3.63, 3.8) is 0 Å². The molecule has 146 valence electrons. The summed E-state index contributed by atoms with van der Waals surface area (Å²) < 4.78 is 5.91. The molecule has 0 aromatic heterocycles. The maximum absolute atomic E-state index is 5.91. The fourth-order valence-electron chi connectivity index (χ4n) is 3.98. The summed E-state index contributed by atoms with van der Waals surface area (Å²) in [7, 11) is -2.33. The third-order valence-corrected chi connectivity index (χ3v) is 15.9. The van der Waals surface area contributed by atoms with Gasteiger partial charge in [0.05, 0.1) is 0 Å². The second-order valence-electron chi connectivity index (χ2n) is 8.09. The van der Waals surface area contributed by atoms with E-state index < -0.39 is 17.1 Å². The molecule has 0 bridgehead atoms. The Bertz CT molecular complexity index is 776. The molecule has 0 fully saturated rings. The fraction of sp³-hybridized carbons (Fsp3) is 0.250. The van der Waals surface area contributed by atoms with Crippen molar-refractivity contribution in [3.05, 3.63) is 89.5 Å². The van der Waals surface area contributed by atoms with Gasteiger partial charge in [-0.15, -0.1) is 0 Å². The topological polar surface area (TPSA) is 9.23 Å². The molecule has 0 saturated carbocycles. The van der Waals surface area contributed by atoms with Crippen molar-refractivity contribution < 1.29 is 4.12 Å². The van der Waals surface area contributed by atoms with Crippen LogP contribution in [0.5, 0.6) is 0 Å². The zero-order chi connectivity index (χ0) is 20.1. The molecule has 4 heteroatoms. The SMILES string of the molecule is Cc1ccc([Si](CC[SiH](C)O[SiH3])(c2ccc(C)cc2)c2ccc(C)cc2)cc1. The first kappa shape index (κ1) is 21.0. The molecule has 3 aromatic carbocycles. The van der Waals surface area contributed by atoms with Crippen LogP contribution in [-0.4, -0.2) is 27.6 Å². The van der Waals surface area contributed by atoms with Crippen molar-refractivity contribution in [3.8, 4) is 0 Å². The summed E-state index contributed by atoms with van der Waals surface area (Å²) in [6.45, 7) is 8.88. The Balaban J connectivity index is 2.24. The molecule has 0 aliphatic heterocycles. The zero-order valence-electron chi connectivity index (χ0n) is 17.8. The molecule has 0 aliphatic rings. The van der Waals surface area contributed by atoms with E-state index in [1.54, 1.807) is 0 Å². The van der Waals surface area contributed by atoms with Gasteiger partial charge >= 0.3 is 0 Å². The van der Waals surface area contributed by atoms with Gasteiger partial charge in [-0.1, -0.05) is 89.5 Å². The van der Waals surface area contributed by atoms with Crippen molar-refractivity contribution in [1.82, 2.24) is 0 Å². The van der Waals surface area contributed by atoms with Crippen molar-refractivity contribution in [2.75, 3.05) is 0 Å². The van der Waals surface area contributed by atoms with E-state index in [9.17, 15) is 0 Å². The van der Waals surface area contributed by atoms with Crippen LogP contribution < -0.4 is 15.6 Å². The summed E-state index contributed by atoms with van der Waals surface area (Å²) in [6, 6.07) is 30.4. The Morgan fingerprint density at radius 1 is 0.679 bits per heavy atom. The van der Waals surface area contributed by atoms with E-state index in [2.05, 4.69) is 100 Å². The first-order valence-corrected chi connectivity index (χ1v) is 15.7. The Labute approximate surface area is 176 Å². The van der Waals surface area contributed by atoms with Gasteiger partial charge in [0.2, 0.25) is 0 Å². The van der Waals surface area contributed by atoms with E-state index in [1.165, 1.54) is 44.3 Å². The Hall–Kier alpha value is -1.73. The molecule has 1 unspecified atom stereocenters. The second-order valence-corrected chi connectivity index (χ2v) is 16.2. The molecule has 0 amide bonds. The average molecular weight is 421 g/mol. The highest BCUT2D eigenvalue weighted by atomic mass is 28.3. The lowest BCUT2D eigenvalue weighted by molar-refractivity contribution is 0.638. The third-order valence-electron chi connectivity index (χ3n) is 5.96. The smallest absolute Gasteiger partial charge is 0.159 e. The minimum Gasteiger partial charge on any atom is -0.466 e. The molecule has 28 heavy (non-hydrogen) atoms. The largest absolute Gasteiger partial charge is 0.466 e. The molecule has 0 spiro atoms. The van der Waals surface area contributed by atoms with Crippen LogP contribution in [0.25, 0.3) is 0 Å². The summed E-state index contributed by atoms with van der Waals surface area (Å²) >= 11 is 0. The quantitative estimate of drug-likeness (QED) is 0.422. The van der Waals surface area contributed by atoms with Crippen LogP contribution in [0.3, 0.4) is 0 Å². The van der Waals surface area contributed by atoms with Crippen LogP contribution in [0.1, 0.15) is 16.7 Å². The van der Waals surface area contributed by atoms with E-state index in [1.807, 2.05) is 0 Å². The highest BCUT2D eigenvalue weighted by Gasteiger charge is 2.39. The lowest BCUT2D eigenvalue weighted by Crippen LogP contribution is -2.67. The van der Waals surface area contributed by atoms with Gasteiger partial charge in [-0.2, -0.15) is 0 Å². The second kappa shape index (κ2) is 9.18.